The summed E-state index contributed by atoms with van der Waals surface area (Å²) < 4.78 is 2.04. The first-order valence-electron chi connectivity index (χ1n) is 6.86. The van der Waals surface area contributed by atoms with Crippen molar-refractivity contribution in [1.29, 1.82) is 0 Å². The van der Waals surface area contributed by atoms with Crippen molar-refractivity contribution in [3.8, 4) is 0 Å². The zero-order valence-electron chi connectivity index (χ0n) is 12.2. The van der Waals surface area contributed by atoms with Crippen LogP contribution in [-0.4, -0.2) is 23.1 Å². The fraction of sp³-hybridized carbons (Fsp3) is 0.533. The van der Waals surface area contributed by atoms with E-state index in [9.17, 15) is 0 Å². The van der Waals surface area contributed by atoms with Crippen LogP contribution in [0.2, 0.25) is 0 Å². The largest absolute Gasteiger partial charge is 0.334 e. The SMILES string of the molecule is CNC(c1ccc2c(c1)ncn2C)C(CN)C(C)C. The predicted octanol–water partition coefficient (Wildman–Crippen LogP) is 2.06. The Morgan fingerprint density at radius 2 is 2.11 bits per heavy atom. The van der Waals surface area contributed by atoms with E-state index in [1.165, 1.54) is 5.56 Å². The summed E-state index contributed by atoms with van der Waals surface area (Å²) in [5, 5.41) is 3.41. The van der Waals surface area contributed by atoms with Crippen LogP contribution < -0.4 is 11.1 Å². The molecule has 2 aromatic rings. The van der Waals surface area contributed by atoms with Crippen molar-refractivity contribution < 1.29 is 0 Å². The first-order valence-corrected chi connectivity index (χ1v) is 6.86. The van der Waals surface area contributed by atoms with Gasteiger partial charge in [0, 0.05) is 13.1 Å². The average Bonchev–Trinajstić information content (AvgIpc) is 2.76. The molecule has 4 heteroatoms. The molecule has 1 heterocycles. The predicted molar refractivity (Wildman–Crippen MR) is 79.9 cm³/mol. The van der Waals surface area contributed by atoms with Crippen LogP contribution in [0.1, 0.15) is 25.5 Å². The summed E-state index contributed by atoms with van der Waals surface area (Å²) in [7, 11) is 4.01. The van der Waals surface area contributed by atoms with Crippen molar-refractivity contribution in [1.82, 2.24) is 14.9 Å². The normalized spacial score (nSPS) is 15.1. The van der Waals surface area contributed by atoms with Crippen molar-refractivity contribution in [3.63, 3.8) is 0 Å². The maximum atomic E-state index is 5.94. The average molecular weight is 260 g/mol. The molecule has 0 aliphatic rings. The Morgan fingerprint density at radius 1 is 1.37 bits per heavy atom. The summed E-state index contributed by atoms with van der Waals surface area (Å²) in [6.07, 6.45) is 1.85. The van der Waals surface area contributed by atoms with Gasteiger partial charge in [-0.3, -0.25) is 0 Å². The van der Waals surface area contributed by atoms with Gasteiger partial charge in [-0.2, -0.15) is 0 Å². The number of benzene rings is 1. The molecule has 19 heavy (non-hydrogen) atoms. The highest BCUT2D eigenvalue weighted by atomic mass is 15.0. The van der Waals surface area contributed by atoms with E-state index in [4.69, 9.17) is 5.73 Å². The maximum Gasteiger partial charge on any atom is 0.0955 e. The lowest BCUT2D eigenvalue weighted by Crippen LogP contribution is -2.33. The van der Waals surface area contributed by atoms with Gasteiger partial charge < -0.3 is 15.6 Å². The standard InChI is InChI=1S/C15H24N4/c1-10(2)12(8-16)15(17-3)11-5-6-14-13(7-11)18-9-19(14)4/h5-7,9-10,12,15,17H,8,16H2,1-4H3. The summed E-state index contributed by atoms with van der Waals surface area (Å²) in [5.74, 6) is 0.966. The minimum absolute atomic E-state index is 0.274. The number of imidazole rings is 1. The van der Waals surface area contributed by atoms with Gasteiger partial charge in [-0.25, -0.2) is 4.98 Å². The van der Waals surface area contributed by atoms with Crippen LogP contribution in [-0.2, 0) is 7.05 Å². The smallest absolute Gasteiger partial charge is 0.0955 e. The number of hydrogen-bond acceptors (Lipinski definition) is 3. The zero-order chi connectivity index (χ0) is 14.0. The Bertz CT molecular complexity index is 544. The van der Waals surface area contributed by atoms with Gasteiger partial charge in [0.2, 0.25) is 0 Å². The fourth-order valence-corrected chi connectivity index (χ4v) is 2.77. The molecule has 0 spiro atoms. The number of aromatic nitrogens is 2. The molecule has 2 atom stereocenters. The Morgan fingerprint density at radius 3 is 2.68 bits per heavy atom. The van der Waals surface area contributed by atoms with Crippen LogP contribution in [0.5, 0.6) is 0 Å². The third-order valence-electron chi connectivity index (χ3n) is 3.98. The number of nitrogens with one attached hydrogen (secondary N) is 1. The van der Waals surface area contributed by atoms with E-state index in [0.717, 1.165) is 11.0 Å². The van der Waals surface area contributed by atoms with Gasteiger partial charge in [0.05, 0.1) is 17.4 Å². The molecule has 1 aromatic heterocycles. The van der Waals surface area contributed by atoms with Crippen molar-refractivity contribution in [2.45, 2.75) is 19.9 Å². The number of fused-ring (bicyclic) bond motifs is 1. The fourth-order valence-electron chi connectivity index (χ4n) is 2.77. The summed E-state index contributed by atoms with van der Waals surface area (Å²) in [6.45, 7) is 5.13. The van der Waals surface area contributed by atoms with Crippen molar-refractivity contribution in [2.75, 3.05) is 13.6 Å². The van der Waals surface area contributed by atoms with Gasteiger partial charge in [-0.05, 0) is 43.1 Å². The molecule has 2 rings (SSSR count). The summed E-state index contributed by atoms with van der Waals surface area (Å²) in [6, 6.07) is 6.75. The highest BCUT2D eigenvalue weighted by molar-refractivity contribution is 5.76. The molecule has 3 N–H and O–H groups in total. The lowest BCUT2D eigenvalue weighted by Gasteiger charge is -2.29. The number of nitrogens with two attached hydrogens (primary N) is 1. The van der Waals surface area contributed by atoms with E-state index in [1.807, 2.05) is 25.0 Å². The van der Waals surface area contributed by atoms with Gasteiger partial charge in [-0.1, -0.05) is 19.9 Å². The van der Waals surface area contributed by atoms with E-state index < -0.39 is 0 Å². The van der Waals surface area contributed by atoms with Crippen molar-refractivity contribution in [2.24, 2.45) is 24.6 Å². The molecular weight excluding hydrogens is 236 g/mol. The third-order valence-corrected chi connectivity index (χ3v) is 3.98. The van der Waals surface area contributed by atoms with Gasteiger partial charge in [0.25, 0.3) is 0 Å². The van der Waals surface area contributed by atoms with Crippen molar-refractivity contribution in [3.05, 3.63) is 30.1 Å². The van der Waals surface area contributed by atoms with Crippen LogP contribution >= 0.6 is 0 Å². The summed E-state index contributed by atoms with van der Waals surface area (Å²) in [5.41, 5.74) is 9.41. The van der Waals surface area contributed by atoms with Gasteiger partial charge >= 0.3 is 0 Å². The van der Waals surface area contributed by atoms with Crippen LogP contribution in [0.4, 0.5) is 0 Å². The molecule has 0 aliphatic heterocycles. The Balaban J connectivity index is 2.40. The quantitative estimate of drug-likeness (QED) is 0.865. The molecule has 0 fully saturated rings. The number of rotatable bonds is 5. The topological polar surface area (TPSA) is 55.9 Å². The second-order valence-electron chi connectivity index (χ2n) is 5.51. The molecule has 2 unspecified atom stereocenters. The maximum absolute atomic E-state index is 5.94. The molecule has 0 saturated heterocycles. The molecule has 0 radical (unpaired) electrons. The molecular formula is C15H24N4. The Hall–Kier alpha value is -1.39. The van der Waals surface area contributed by atoms with E-state index in [-0.39, 0.29) is 6.04 Å². The zero-order valence-corrected chi connectivity index (χ0v) is 12.2. The van der Waals surface area contributed by atoms with Gasteiger partial charge in [0.1, 0.15) is 0 Å². The summed E-state index contributed by atoms with van der Waals surface area (Å²) in [4.78, 5) is 4.43. The molecule has 1 aromatic carbocycles. The minimum Gasteiger partial charge on any atom is -0.334 e. The first-order chi connectivity index (χ1) is 9.08. The summed E-state index contributed by atoms with van der Waals surface area (Å²) >= 11 is 0. The van der Waals surface area contributed by atoms with E-state index in [2.05, 4.69) is 42.3 Å². The number of hydrogen-bond donors (Lipinski definition) is 2. The molecule has 0 bridgehead atoms. The lowest BCUT2D eigenvalue weighted by atomic mass is 9.84. The number of nitrogens with zero attached hydrogens (tertiary/aromatic N) is 2. The van der Waals surface area contributed by atoms with Crippen LogP contribution in [0.15, 0.2) is 24.5 Å². The molecule has 0 amide bonds. The third kappa shape index (κ3) is 2.65. The highest BCUT2D eigenvalue weighted by Gasteiger charge is 2.23. The minimum atomic E-state index is 0.274. The first kappa shape index (κ1) is 14.0. The Kier molecular flexibility index (Phi) is 4.22. The van der Waals surface area contributed by atoms with Crippen LogP contribution in [0.3, 0.4) is 0 Å². The second-order valence-corrected chi connectivity index (χ2v) is 5.51. The van der Waals surface area contributed by atoms with Gasteiger partial charge in [-0.15, -0.1) is 0 Å². The molecule has 4 nitrogen and oxygen atoms in total. The van der Waals surface area contributed by atoms with Crippen LogP contribution in [0, 0.1) is 11.8 Å². The molecule has 104 valence electrons. The van der Waals surface area contributed by atoms with Crippen LogP contribution in [0.25, 0.3) is 11.0 Å². The molecule has 0 saturated carbocycles. The van der Waals surface area contributed by atoms with E-state index in [1.54, 1.807) is 0 Å². The van der Waals surface area contributed by atoms with E-state index >= 15 is 0 Å². The van der Waals surface area contributed by atoms with Gasteiger partial charge in [0.15, 0.2) is 0 Å². The lowest BCUT2D eigenvalue weighted by molar-refractivity contribution is 0.299. The monoisotopic (exact) mass is 260 g/mol. The van der Waals surface area contributed by atoms with E-state index in [0.29, 0.717) is 18.4 Å². The molecule has 0 aliphatic carbocycles. The highest BCUT2D eigenvalue weighted by Crippen LogP contribution is 2.28. The van der Waals surface area contributed by atoms with Crippen molar-refractivity contribution >= 4 is 11.0 Å². The Labute approximate surface area is 115 Å². The number of aryl methyl sites for hydroxylation is 1. The second kappa shape index (κ2) is 5.72.